The average Bonchev–Trinajstić information content (AvgIpc) is 2.78. The second kappa shape index (κ2) is 10.6. The predicted octanol–water partition coefficient (Wildman–Crippen LogP) is 5.65. The van der Waals surface area contributed by atoms with Crippen molar-refractivity contribution in [2.24, 2.45) is 0 Å². The van der Waals surface area contributed by atoms with Crippen LogP contribution in [0.25, 0.3) is 10.9 Å². The molecular formula is C26H29NO3. The molecule has 0 fully saturated rings. The SMILES string of the molecule is CCCCCC/C=C/Cc1c(C)c(=O)c2ccccc2n1OC(=O)c1ccccc1. The number of aromatic nitrogens is 1. The van der Waals surface area contributed by atoms with E-state index in [1.807, 2.05) is 24.3 Å². The molecule has 4 heteroatoms. The summed E-state index contributed by atoms with van der Waals surface area (Å²) < 4.78 is 1.53. The molecule has 0 unspecified atom stereocenters. The number of fused-ring (bicyclic) bond motifs is 1. The Morgan fingerprint density at radius 1 is 0.967 bits per heavy atom. The standard InChI is InChI=1S/C26H29NO3/c1-3-4-5-6-7-8-12-18-23-20(2)25(28)22-17-13-14-19-24(22)27(23)30-26(29)21-15-10-9-11-16-21/h8-17,19H,3-7,18H2,1-2H3/b12-8+. The first-order chi connectivity index (χ1) is 14.6. The van der Waals surface area contributed by atoms with Crippen LogP contribution in [-0.4, -0.2) is 10.7 Å². The molecule has 2 aromatic carbocycles. The number of carbonyl (C=O) groups excluding carboxylic acids is 1. The summed E-state index contributed by atoms with van der Waals surface area (Å²) in [5, 5.41) is 0.545. The number of carbonyl (C=O) groups is 1. The van der Waals surface area contributed by atoms with Crippen molar-refractivity contribution in [1.29, 1.82) is 0 Å². The molecule has 0 bridgehead atoms. The van der Waals surface area contributed by atoms with E-state index in [9.17, 15) is 9.59 Å². The fraction of sp³-hybridized carbons (Fsp3) is 0.308. The summed E-state index contributed by atoms with van der Waals surface area (Å²) in [6.07, 6.45) is 10.6. The fourth-order valence-electron chi connectivity index (χ4n) is 3.53. The Labute approximate surface area is 177 Å². The van der Waals surface area contributed by atoms with Gasteiger partial charge in [0.05, 0.1) is 16.8 Å². The van der Waals surface area contributed by atoms with E-state index < -0.39 is 5.97 Å². The van der Waals surface area contributed by atoms with Crippen molar-refractivity contribution >= 4 is 16.9 Å². The molecule has 30 heavy (non-hydrogen) atoms. The third-order valence-corrected chi connectivity index (χ3v) is 5.27. The van der Waals surface area contributed by atoms with Crippen LogP contribution in [0.5, 0.6) is 0 Å². The normalized spacial score (nSPS) is 11.3. The van der Waals surface area contributed by atoms with Gasteiger partial charge in [0.1, 0.15) is 0 Å². The van der Waals surface area contributed by atoms with Gasteiger partial charge in [0.2, 0.25) is 0 Å². The van der Waals surface area contributed by atoms with Gasteiger partial charge < -0.3 is 4.84 Å². The summed E-state index contributed by atoms with van der Waals surface area (Å²) in [5.41, 5.74) is 2.35. The Morgan fingerprint density at radius 2 is 1.70 bits per heavy atom. The molecule has 0 spiro atoms. The summed E-state index contributed by atoms with van der Waals surface area (Å²) in [5.74, 6) is -0.450. The largest absolute Gasteiger partial charge is 0.363 e. The highest BCUT2D eigenvalue weighted by Crippen LogP contribution is 2.17. The molecule has 4 nitrogen and oxygen atoms in total. The van der Waals surface area contributed by atoms with Crippen LogP contribution in [0, 0.1) is 6.92 Å². The molecule has 0 N–H and O–H groups in total. The second-order valence-electron chi connectivity index (χ2n) is 7.48. The summed E-state index contributed by atoms with van der Waals surface area (Å²) in [4.78, 5) is 31.4. The minimum absolute atomic E-state index is 0.0241. The monoisotopic (exact) mass is 403 g/mol. The molecule has 0 atom stereocenters. The maximum atomic E-state index is 12.9. The highest BCUT2D eigenvalue weighted by Gasteiger charge is 2.17. The van der Waals surface area contributed by atoms with Crippen molar-refractivity contribution in [3.63, 3.8) is 0 Å². The molecule has 0 radical (unpaired) electrons. The molecule has 156 valence electrons. The van der Waals surface area contributed by atoms with Crippen LogP contribution in [0.1, 0.15) is 60.6 Å². The van der Waals surface area contributed by atoms with Crippen LogP contribution in [0.2, 0.25) is 0 Å². The average molecular weight is 404 g/mol. The van der Waals surface area contributed by atoms with Gasteiger partial charge in [0, 0.05) is 17.4 Å². The number of allylic oxidation sites excluding steroid dienone is 2. The van der Waals surface area contributed by atoms with Gasteiger partial charge in [-0.15, -0.1) is 0 Å². The zero-order valence-corrected chi connectivity index (χ0v) is 17.8. The number of benzene rings is 2. The zero-order chi connectivity index (χ0) is 21.3. The molecule has 0 aliphatic carbocycles. The molecular weight excluding hydrogens is 374 g/mol. The molecule has 3 rings (SSSR count). The minimum atomic E-state index is -0.450. The Balaban J connectivity index is 1.93. The van der Waals surface area contributed by atoms with E-state index in [0.717, 1.165) is 12.8 Å². The van der Waals surface area contributed by atoms with Gasteiger partial charge in [-0.25, -0.2) is 4.79 Å². The Bertz CT molecular complexity index is 1080. The van der Waals surface area contributed by atoms with Gasteiger partial charge >= 0.3 is 5.97 Å². The Morgan fingerprint density at radius 3 is 2.47 bits per heavy atom. The van der Waals surface area contributed by atoms with Crippen molar-refractivity contribution < 1.29 is 9.63 Å². The molecule has 3 aromatic rings. The fourth-order valence-corrected chi connectivity index (χ4v) is 3.53. The van der Waals surface area contributed by atoms with E-state index in [0.29, 0.717) is 34.1 Å². The van der Waals surface area contributed by atoms with E-state index >= 15 is 0 Å². The van der Waals surface area contributed by atoms with Gasteiger partial charge in [-0.3, -0.25) is 4.79 Å². The quantitative estimate of drug-likeness (QED) is 0.343. The van der Waals surface area contributed by atoms with Crippen LogP contribution in [-0.2, 0) is 6.42 Å². The van der Waals surface area contributed by atoms with E-state index in [-0.39, 0.29) is 5.43 Å². The van der Waals surface area contributed by atoms with Crippen LogP contribution >= 0.6 is 0 Å². The lowest BCUT2D eigenvalue weighted by Gasteiger charge is -2.17. The molecule has 1 heterocycles. The number of unbranched alkanes of at least 4 members (excludes halogenated alkanes) is 4. The third kappa shape index (κ3) is 5.07. The van der Waals surface area contributed by atoms with Gasteiger partial charge in [-0.1, -0.05) is 68.7 Å². The molecule has 0 saturated heterocycles. The first-order valence-electron chi connectivity index (χ1n) is 10.7. The second-order valence-corrected chi connectivity index (χ2v) is 7.48. The van der Waals surface area contributed by atoms with Crippen molar-refractivity contribution in [2.75, 3.05) is 0 Å². The van der Waals surface area contributed by atoms with Crippen molar-refractivity contribution in [2.45, 2.75) is 52.4 Å². The number of rotatable bonds is 9. The zero-order valence-electron chi connectivity index (χ0n) is 17.8. The molecule has 0 aliphatic rings. The van der Waals surface area contributed by atoms with Crippen LogP contribution < -0.4 is 10.3 Å². The summed E-state index contributed by atoms with van der Waals surface area (Å²) >= 11 is 0. The third-order valence-electron chi connectivity index (χ3n) is 5.27. The van der Waals surface area contributed by atoms with Crippen LogP contribution in [0.3, 0.4) is 0 Å². The van der Waals surface area contributed by atoms with Crippen molar-refractivity contribution in [1.82, 2.24) is 4.73 Å². The number of pyridine rings is 1. The lowest BCUT2D eigenvalue weighted by molar-refractivity contribution is 0.0467. The van der Waals surface area contributed by atoms with Crippen LogP contribution in [0.4, 0.5) is 0 Å². The molecule has 0 aliphatic heterocycles. The number of nitrogens with zero attached hydrogens (tertiary/aromatic N) is 1. The number of hydrogen-bond donors (Lipinski definition) is 0. The molecule has 0 saturated carbocycles. The lowest BCUT2D eigenvalue weighted by atomic mass is 10.1. The van der Waals surface area contributed by atoms with E-state index in [1.165, 1.54) is 24.0 Å². The van der Waals surface area contributed by atoms with E-state index in [1.54, 1.807) is 37.3 Å². The van der Waals surface area contributed by atoms with Crippen molar-refractivity contribution in [3.05, 3.63) is 93.8 Å². The van der Waals surface area contributed by atoms with Crippen LogP contribution in [0.15, 0.2) is 71.5 Å². The summed E-state index contributed by atoms with van der Waals surface area (Å²) in [7, 11) is 0. The van der Waals surface area contributed by atoms with E-state index in [4.69, 9.17) is 4.84 Å². The Hall–Kier alpha value is -3.14. The summed E-state index contributed by atoms with van der Waals surface area (Å²) in [6.45, 7) is 4.00. The topological polar surface area (TPSA) is 48.3 Å². The molecule has 1 aromatic heterocycles. The first-order valence-corrected chi connectivity index (χ1v) is 10.7. The van der Waals surface area contributed by atoms with Gasteiger partial charge in [0.25, 0.3) is 0 Å². The maximum Gasteiger partial charge on any atom is 0.363 e. The number of para-hydroxylation sites is 1. The lowest BCUT2D eigenvalue weighted by Crippen LogP contribution is -2.27. The first kappa shape index (κ1) is 21.6. The highest BCUT2D eigenvalue weighted by molar-refractivity contribution is 5.90. The smallest absolute Gasteiger partial charge is 0.331 e. The summed E-state index contributed by atoms with van der Waals surface area (Å²) in [6, 6.07) is 16.1. The van der Waals surface area contributed by atoms with Gasteiger partial charge in [0.15, 0.2) is 5.43 Å². The van der Waals surface area contributed by atoms with Gasteiger partial charge in [-0.05, 0) is 44.0 Å². The molecule has 0 amide bonds. The number of hydrogen-bond acceptors (Lipinski definition) is 3. The van der Waals surface area contributed by atoms with Crippen molar-refractivity contribution in [3.8, 4) is 0 Å². The minimum Gasteiger partial charge on any atom is -0.331 e. The van der Waals surface area contributed by atoms with Gasteiger partial charge in [-0.2, -0.15) is 4.73 Å². The Kier molecular flexibility index (Phi) is 7.61. The highest BCUT2D eigenvalue weighted by atomic mass is 16.7. The maximum absolute atomic E-state index is 12.9. The van der Waals surface area contributed by atoms with E-state index in [2.05, 4.69) is 19.1 Å². The predicted molar refractivity (Wildman–Crippen MR) is 122 cm³/mol.